The van der Waals surface area contributed by atoms with E-state index in [1.807, 2.05) is 65.5 Å². The number of hydrogen-bond acceptors (Lipinski definition) is 5. The van der Waals surface area contributed by atoms with Crippen molar-refractivity contribution in [3.05, 3.63) is 135 Å². The highest BCUT2D eigenvalue weighted by Crippen LogP contribution is 2.24. The molecule has 0 saturated heterocycles. The smallest absolute Gasteiger partial charge is 0.340 e. The maximum Gasteiger partial charge on any atom is 0.340 e. The van der Waals surface area contributed by atoms with Crippen LogP contribution in [-0.2, 0) is 11.3 Å². The molecule has 2 aromatic carbocycles. The van der Waals surface area contributed by atoms with Gasteiger partial charge in [0.05, 0.1) is 30.5 Å². The molecule has 3 heterocycles. The number of carbonyl (C=O) groups is 3. The van der Waals surface area contributed by atoms with Gasteiger partial charge in [0.2, 0.25) is 18.1 Å². The molecule has 0 fully saturated rings. The lowest BCUT2D eigenvalue weighted by Crippen LogP contribution is -2.37. The van der Waals surface area contributed by atoms with E-state index in [4.69, 9.17) is 9.47 Å². The first-order valence-corrected chi connectivity index (χ1v) is 14.1. The number of pyridine rings is 2. The second-order valence-corrected chi connectivity index (χ2v) is 10.4. The molecule has 0 unspecified atom stereocenters. The summed E-state index contributed by atoms with van der Waals surface area (Å²) in [5.41, 5.74) is 4.22. The molecule has 0 aliphatic carbocycles. The van der Waals surface area contributed by atoms with E-state index in [-0.39, 0.29) is 24.7 Å². The van der Waals surface area contributed by atoms with Crippen LogP contribution in [-0.4, -0.2) is 35.7 Å². The third-order valence-corrected chi connectivity index (χ3v) is 7.28. The van der Waals surface area contributed by atoms with Gasteiger partial charge in [0.1, 0.15) is 5.75 Å². The Morgan fingerprint density at radius 2 is 1.52 bits per heavy atom. The van der Waals surface area contributed by atoms with Crippen molar-refractivity contribution in [1.29, 1.82) is 0 Å². The second kappa shape index (κ2) is 12.8. The second-order valence-electron chi connectivity index (χ2n) is 9.50. The van der Waals surface area contributed by atoms with E-state index in [9.17, 15) is 14.4 Å². The van der Waals surface area contributed by atoms with Crippen LogP contribution in [0.2, 0.25) is 0 Å². The Hall–Kier alpha value is -4.82. The first-order chi connectivity index (χ1) is 20.4. The molecule has 5 aromatic rings. The SMILES string of the molecule is CCOC(=O)c1cc(C(=O)c2ccc(Br)cc2)n2ccc(/C=C/c3cc[n+](CC(=O)c4ccc(OC)cc4)cc3)cc12. The molecule has 0 spiro atoms. The van der Waals surface area contributed by atoms with Gasteiger partial charge in [0.25, 0.3) is 0 Å². The summed E-state index contributed by atoms with van der Waals surface area (Å²) in [5, 5.41) is 0. The number of rotatable bonds is 10. The topological polar surface area (TPSA) is 78.0 Å². The summed E-state index contributed by atoms with van der Waals surface area (Å²) < 4.78 is 14.9. The third-order valence-electron chi connectivity index (χ3n) is 6.75. The van der Waals surface area contributed by atoms with E-state index in [2.05, 4.69) is 15.9 Å². The minimum absolute atomic E-state index is 0.00170. The molecule has 0 aliphatic heterocycles. The van der Waals surface area contributed by atoms with Gasteiger partial charge in [-0.2, -0.15) is 4.57 Å². The summed E-state index contributed by atoms with van der Waals surface area (Å²) in [6, 6.07) is 23.3. The number of ether oxygens (including phenoxy) is 2. The standard InChI is InChI=1S/C34H28BrN2O5/c1-3-42-34(40)29-21-31(33(39)26-6-10-27(35)11-7-26)37-19-16-24(20-30(29)37)5-4-23-14-17-36(18-15-23)22-32(38)25-8-12-28(41-2)13-9-25/h4-21H,3,22H2,1-2H3/q+1. The van der Waals surface area contributed by atoms with Gasteiger partial charge in [-0.1, -0.05) is 28.1 Å². The molecule has 210 valence electrons. The fraction of sp³-hybridized carbons (Fsp3) is 0.118. The van der Waals surface area contributed by atoms with Crippen LogP contribution in [0.15, 0.2) is 102 Å². The van der Waals surface area contributed by atoms with Gasteiger partial charge in [0.15, 0.2) is 12.4 Å². The predicted molar refractivity (Wildman–Crippen MR) is 164 cm³/mol. The zero-order chi connectivity index (χ0) is 29.6. The quantitative estimate of drug-likeness (QED) is 0.101. The van der Waals surface area contributed by atoms with Crippen molar-refractivity contribution < 1.29 is 28.4 Å². The number of benzene rings is 2. The number of aromatic nitrogens is 2. The van der Waals surface area contributed by atoms with Gasteiger partial charge in [-0.3, -0.25) is 9.59 Å². The van der Waals surface area contributed by atoms with Crippen LogP contribution in [0, 0.1) is 0 Å². The molecular weight excluding hydrogens is 596 g/mol. The summed E-state index contributed by atoms with van der Waals surface area (Å²) in [4.78, 5) is 38.8. The Bertz CT molecular complexity index is 1790. The molecule has 0 amide bonds. The molecule has 0 aliphatic rings. The number of fused-ring (bicyclic) bond motifs is 1. The molecule has 0 saturated carbocycles. The molecule has 5 rings (SSSR count). The zero-order valence-electron chi connectivity index (χ0n) is 23.1. The van der Waals surface area contributed by atoms with E-state index >= 15 is 0 Å². The average Bonchev–Trinajstić information content (AvgIpc) is 3.40. The van der Waals surface area contributed by atoms with Crippen LogP contribution in [0.3, 0.4) is 0 Å². The van der Waals surface area contributed by atoms with Crippen LogP contribution >= 0.6 is 15.9 Å². The van der Waals surface area contributed by atoms with E-state index in [1.165, 1.54) is 0 Å². The number of halogens is 1. The lowest BCUT2D eigenvalue weighted by Gasteiger charge is -2.05. The first-order valence-electron chi connectivity index (χ1n) is 13.3. The van der Waals surface area contributed by atoms with Crippen molar-refractivity contribution >= 4 is 51.1 Å². The molecule has 0 atom stereocenters. The Labute approximate surface area is 251 Å². The number of hydrogen-bond donors (Lipinski definition) is 0. The largest absolute Gasteiger partial charge is 0.497 e. The third kappa shape index (κ3) is 6.39. The van der Waals surface area contributed by atoms with Crippen molar-refractivity contribution in [2.45, 2.75) is 13.5 Å². The first kappa shape index (κ1) is 28.7. The van der Waals surface area contributed by atoms with Crippen molar-refractivity contribution in [3.63, 3.8) is 0 Å². The predicted octanol–water partition coefficient (Wildman–Crippen LogP) is 6.46. The van der Waals surface area contributed by atoms with Crippen LogP contribution < -0.4 is 9.30 Å². The number of Topliss-reactive ketones (excluding diaryl/α,β-unsaturated/α-hetero) is 1. The number of esters is 1. The normalized spacial score (nSPS) is 11.1. The van der Waals surface area contributed by atoms with Crippen molar-refractivity contribution in [2.24, 2.45) is 0 Å². The molecular formula is C34H28BrN2O5+. The van der Waals surface area contributed by atoms with Crippen LogP contribution in [0.25, 0.3) is 17.7 Å². The van der Waals surface area contributed by atoms with Gasteiger partial charge in [0, 0.05) is 33.9 Å². The monoisotopic (exact) mass is 623 g/mol. The van der Waals surface area contributed by atoms with Crippen molar-refractivity contribution in [2.75, 3.05) is 13.7 Å². The Morgan fingerprint density at radius 3 is 2.19 bits per heavy atom. The van der Waals surface area contributed by atoms with Gasteiger partial charge in [-0.15, -0.1) is 0 Å². The van der Waals surface area contributed by atoms with Crippen molar-refractivity contribution in [1.82, 2.24) is 4.40 Å². The maximum atomic E-state index is 13.3. The molecule has 0 bridgehead atoms. The van der Waals surface area contributed by atoms with E-state index in [0.29, 0.717) is 33.7 Å². The number of methoxy groups -OCH3 is 1. The van der Waals surface area contributed by atoms with Gasteiger partial charge >= 0.3 is 5.97 Å². The Kier molecular flexibility index (Phi) is 8.74. The lowest BCUT2D eigenvalue weighted by atomic mass is 10.1. The van der Waals surface area contributed by atoms with Gasteiger partial charge in [-0.05, 0) is 84.8 Å². The highest BCUT2D eigenvalue weighted by atomic mass is 79.9. The zero-order valence-corrected chi connectivity index (χ0v) is 24.7. The fourth-order valence-electron chi connectivity index (χ4n) is 4.53. The summed E-state index contributed by atoms with van der Waals surface area (Å²) in [6.07, 6.45) is 9.38. The molecule has 7 nitrogen and oxygen atoms in total. The van der Waals surface area contributed by atoms with E-state index < -0.39 is 5.97 Å². The average molecular weight is 625 g/mol. The highest BCUT2D eigenvalue weighted by molar-refractivity contribution is 9.10. The minimum atomic E-state index is -0.484. The number of nitrogens with zero attached hydrogens (tertiary/aromatic N) is 2. The molecule has 0 radical (unpaired) electrons. The Balaban J connectivity index is 1.36. The molecule has 8 heteroatoms. The number of ketones is 2. The molecule has 0 N–H and O–H groups in total. The van der Waals surface area contributed by atoms with Gasteiger partial charge in [-0.25, -0.2) is 4.79 Å². The number of carbonyl (C=O) groups excluding carboxylic acids is 3. The summed E-state index contributed by atoms with van der Waals surface area (Å²) in [6.45, 7) is 2.20. The van der Waals surface area contributed by atoms with Crippen LogP contribution in [0.1, 0.15) is 54.8 Å². The van der Waals surface area contributed by atoms with E-state index in [0.717, 1.165) is 15.6 Å². The lowest BCUT2D eigenvalue weighted by molar-refractivity contribution is -0.683. The van der Waals surface area contributed by atoms with Gasteiger partial charge < -0.3 is 13.9 Å². The summed E-state index contributed by atoms with van der Waals surface area (Å²) >= 11 is 3.39. The maximum absolute atomic E-state index is 13.3. The highest BCUT2D eigenvalue weighted by Gasteiger charge is 2.21. The minimum Gasteiger partial charge on any atom is -0.497 e. The van der Waals surface area contributed by atoms with Crippen molar-refractivity contribution in [3.8, 4) is 5.75 Å². The van der Waals surface area contributed by atoms with E-state index in [1.54, 1.807) is 67.1 Å². The van der Waals surface area contributed by atoms with Crippen LogP contribution in [0.4, 0.5) is 0 Å². The Morgan fingerprint density at radius 1 is 0.857 bits per heavy atom. The van der Waals surface area contributed by atoms with Crippen LogP contribution in [0.5, 0.6) is 5.75 Å². The summed E-state index contributed by atoms with van der Waals surface area (Å²) in [5.74, 6) is 0.0299. The summed E-state index contributed by atoms with van der Waals surface area (Å²) in [7, 11) is 1.59. The molecule has 3 aromatic heterocycles. The fourth-order valence-corrected chi connectivity index (χ4v) is 4.79. The molecule has 42 heavy (non-hydrogen) atoms.